The molecule has 0 aromatic heterocycles. The van der Waals surface area contributed by atoms with E-state index in [1.54, 1.807) is 6.08 Å². The van der Waals surface area contributed by atoms with Crippen molar-refractivity contribution >= 4 is 13.7 Å². The highest BCUT2D eigenvalue weighted by molar-refractivity contribution is 7.45. The Labute approximate surface area is 480 Å². The molecule has 0 heterocycles. The van der Waals surface area contributed by atoms with Gasteiger partial charge in [-0.2, -0.15) is 0 Å². The van der Waals surface area contributed by atoms with E-state index in [4.69, 9.17) is 9.05 Å². The average molecular weight is 1110 g/mol. The number of quaternary nitrogens is 1. The van der Waals surface area contributed by atoms with Gasteiger partial charge < -0.3 is 28.8 Å². The fraction of sp³-hybridized carbons (Fsp3) is 0.897. The summed E-state index contributed by atoms with van der Waals surface area (Å²) in [5, 5.41) is 14.0. The highest BCUT2D eigenvalue weighted by Crippen LogP contribution is 2.38. The molecular formula is C68H133N2O6P. The molecule has 0 aliphatic rings. The molecule has 8 nitrogen and oxygen atoms in total. The van der Waals surface area contributed by atoms with Gasteiger partial charge in [0.1, 0.15) is 13.2 Å². The topological polar surface area (TPSA) is 108 Å². The number of carbonyl (C=O) groups is 1. The molecule has 0 rings (SSSR count). The van der Waals surface area contributed by atoms with E-state index in [0.717, 1.165) is 44.9 Å². The van der Waals surface area contributed by atoms with Gasteiger partial charge in [-0.15, -0.1) is 0 Å². The number of hydrogen-bond donors (Lipinski definition) is 2. The maximum absolute atomic E-state index is 13.0. The van der Waals surface area contributed by atoms with Gasteiger partial charge in [0, 0.05) is 6.42 Å². The van der Waals surface area contributed by atoms with Crippen LogP contribution in [0.1, 0.15) is 341 Å². The SMILES string of the molecule is CCCCCCC/C=C\C/C=C\CCCCCCCCCCCCCCCCCCCC(=O)NC(COP(=O)([O-])OCC[N+](C)(C)C)C(O)/C=C/CCCCCCCCCCCCCCCCCCCCCCCCCC. The fourth-order valence-corrected chi connectivity index (χ4v) is 11.0. The minimum absolute atomic E-state index is 0.000752. The molecule has 0 fully saturated rings. The normalized spacial score (nSPS) is 13.9. The molecule has 1 amide bonds. The van der Waals surface area contributed by atoms with Crippen molar-refractivity contribution in [2.45, 2.75) is 353 Å². The summed E-state index contributed by atoms with van der Waals surface area (Å²) in [5.74, 6) is -0.191. The predicted molar refractivity (Wildman–Crippen MR) is 335 cm³/mol. The van der Waals surface area contributed by atoms with Crippen LogP contribution in [0.15, 0.2) is 36.5 Å². The first-order chi connectivity index (χ1) is 37.5. The van der Waals surface area contributed by atoms with Crippen LogP contribution in [-0.4, -0.2) is 68.5 Å². The molecule has 0 aromatic carbocycles. The van der Waals surface area contributed by atoms with Crippen LogP contribution in [0.3, 0.4) is 0 Å². The summed E-state index contributed by atoms with van der Waals surface area (Å²) >= 11 is 0. The van der Waals surface area contributed by atoms with Crippen LogP contribution < -0.4 is 10.2 Å². The maximum atomic E-state index is 13.0. The minimum atomic E-state index is -4.60. The summed E-state index contributed by atoms with van der Waals surface area (Å²) in [5.41, 5.74) is 0. The van der Waals surface area contributed by atoms with Gasteiger partial charge in [0.05, 0.1) is 39.9 Å². The largest absolute Gasteiger partial charge is 0.756 e. The van der Waals surface area contributed by atoms with Crippen LogP contribution in [0, 0.1) is 0 Å². The number of unbranched alkanes of at least 4 members (excludes halogenated alkanes) is 46. The van der Waals surface area contributed by atoms with Gasteiger partial charge >= 0.3 is 0 Å². The van der Waals surface area contributed by atoms with E-state index < -0.39 is 20.0 Å². The molecule has 456 valence electrons. The van der Waals surface area contributed by atoms with Crippen molar-refractivity contribution in [1.29, 1.82) is 0 Å². The number of aliphatic hydroxyl groups excluding tert-OH is 1. The van der Waals surface area contributed by atoms with Crippen molar-refractivity contribution in [2.24, 2.45) is 0 Å². The van der Waals surface area contributed by atoms with E-state index in [1.165, 1.54) is 276 Å². The lowest BCUT2D eigenvalue weighted by atomic mass is 10.0. The summed E-state index contributed by atoms with van der Waals surface area (Å²) < 4.78 is 23.5. The number of hydrogen-bond acceptors (Lipinski definition) is 6. The predicted octanol–water partition coefficient (Wildman–Crippen LogP) is 20.6. The highest BCUT2D eigenvalue weighted by Gasteiger charge is 2.23. The number of nitrogens with zero attached hydrogens (tertiary/aromatic N) is 1. The lowest BCUT2D eigenvalue weighted by Crippen LogP contribution is -2.45. The van der Waals surface area contributed by atoms with E-state index in [2.05, 4.69) is 43.5 Å². The molecule has 0 spiro atoms. The Morgan fingerprint density at radius 2 is 0.753 bits per heavy atom. The van der Waals surface area contributed by atoms with Crippen molar-refractivity contribution in [2.75, 3.05) is 40.9 Å². The summed E-state index contributed by atoms with van der Waals surface area (Å²) in [6, 6.07) is -0.887. The van der Waals surface area contributed by atoms with Crippen molar-refractivity contribution in [3.63, 3.8) is 0 Å². The lowest BCUT2D eigenvalue weighted by molar-refractivity contribution is -0.870. The third kappa shape index (κ3) is 62.2. The monoisotopic (exact) mass is 1100 g/mol. The maximum Gasteiger partial charge on any atom is 0.268 e. The second-order valence-electron chi connectivity index (χ2n) is 24.5. The van der Waals surface area contributed by atoms with Gasteiger partial charge in [-0.25, -0.2) is 0 Å². The number of phosphoric ester groups is 1. The van der Waals surface area contributed by atoms with Crippen LogP contribution in [0.4, 0.5) is 0 Å². The number of carbonyl (C=O) groups excluding carboxylic acids is 1. The number of phosphoric acid groups is 1. The van der Waals surface area contributed by atoms with Crippen molar-refractivity contribution in [3.05, 3.63) is 36.5 Å². The van der Waals surface area contributed by atoms with Gasteiger partial charge in [-0.05, 0) is 51.4 Å². The Kier molecular flexibility index (Phi) is 58.4. The fourth-order valence-electron chi connectivity index (χ4n) is 10.3. The molecule has 3 atom stereocenters. The van der Waals surface area contributed by atoms with Crippen LogP contribution in [0.25, 0.3) is 0 Å². The molecule has 0 saturated heterocycles. The molecule has 0 aliphatic heterocycles. The Morgan fingerprint density at radius 3 is 1.08 bits per heavy atom. The van der Waals surface area contributed by atoms with Gasteiger partial charge in [-0.3, -0.25) is 9.36 Å². The number of aliphatic hydroxyl groups is 1. The summed E-state index contributed by atoms with van der Waals surface area (Å²) in [6.07, 6.45) is 78.2. The third-order valence-corrected chi connectivity index (χ3v) is 16.6. The van der Waals surface area contributed by atoms with Gasteiger partial charge in [-0.1, -0.05) is 320 Å². The van der Waals surface area contributed by atoms with Crippen molar-refractivity contribution in [3.8, 4) is 0 Å². The van der Waals surface area contributed by atoms with E-state index in [1.807, 2.05) is 27.2 Å². The molecule has 0 saturated carbocycles. The highest BCUT2D eigenvalue weighted by atomic mass is 31.2. The minimum Gasteiger partial charge on any atom is -0.756 e. The summed E-state index contributed by atoms with van der Waals surface area (Å²) in [4.78, 5) is 25.6. The van der Waals surface area contributed by atoms with Crippen molar-refractivity contribution < 1.29 is 32.9 Å². The first-order valence-corrected chi connectivity index (χ1v) is 35.3. The third-order valence-electron chi connectivity index (χ3n) is 15.6. The zero-order chi connectivity index (χ0) is 56.3. The van der Waals surface area contributed by atoms with Crippen LogP contribution in [-0.2, 0) is 18.4 Å². The number of allylic oxidation sites excluding steroid dienone is 5. The molecule has 0 radical (unpaired) electrons. The molecule has 0 aliphatic carbocycles. The number of likely N-dealkylation sites (N-methyl/N-ethyl adjacent to an activating group) is 1. The van der Waals surface area contributed by atoms with Gasteiger partial charge in [0.2, 0.25) is 5.91 Å². The second kappa shape index (κ2) is 59.3. The molecule has 0 aromatic rings. The zero-order valence-corrected chi connectivity index (χ0v) is 53.1. The smallest absolute Gasteiger partial charge is 0.268 e. The first-order valence-electron chi connectivity index (χ1n) is 33.9. The Bertz CT molecular complexity index is 1350. The Hall–Kier alpha value is -1.28. The summed E-state index contributed by atoms with van der Waals surface area (Å²) in [7, 11) is 1.28. The van der Waals surface area contributed by atoms with E-state index in [0.29, 0.717) is 17.4 Å². The molecule has 9 heteroatoms. The van der Waals surface area contributed by atoms with Gasteiger partial charge in [0.25, 0.3) is 7.82 Å². The average Bonchev–Trinajstić information content (AvgIpc) is 3.39. The van der Waals surface area contributed by atoms with Crippen LogP contribution >= 0.6 is 7.82 Å². The Balaban J connectivity index is 4.08. The number of nitrogens with one attached hydrogen (secondary N) is 1. The van der Waals surface area contributed by atoms with E-state index >= 15 is 0 Å². The van der Waals surface area contributed by atoms with Crippen molar-refractivity contribution in [1.82, 2.24) is 5.32 Å². The second-order valence-corrected chi connectivity index (χ2v) is 25.9. The standard InChI is InChI=1S/C68H133N2O6P/c1-6-8-10-12-14-16-18-20-22-24-26-28-30-32-34-35-36-38-40-42-44-46-48-50-52-54-56-58-60-62-68(72)69-66(65-76-77(73,74)75-64-63-70(3,4)5)67(71)61-59-57-55-53-51-49-47-45-43-41-39-37-33-31-29-27-25-23-21-19-17-15-13-11-9-7-2/h18,20,24,26,59,61,66-67,71H,6-17,19,21-23,25,27-58,60,62-65H2,1-5H3,(H-,69,72,73,74)/b20-18-,26-24-,61-59+. The number of rotatable bonds is 63. The van der Waals surface area contributed by atoms with E-state index in [9.17, 15) is 19.4 Å². The molecule has 0 bridgehead atoms. The van der Waals surface area contributed by atoms with Gasteiger partial charge in [0.15, 0.2) is 0 Å². The molecule has 3 unspecified atom stereocenters. The molecule has 77 heavy (non-hydrogen) atoms. The summed E-state index contributed by atoms with van der Waals surface area (Å²) in [6.45, 7) is 4.69. The molecular weight excluding hydrogens is 972 g/mol. The number of amides is 1. The van der Waals surface area contributed by atoms with Crippen LogP contribution in [0.5, 0.6) is 0 Å². The first kappa shape index (κ1) is 75.7. The quantitative estimate of drug-likeness (QED) is 0.0272. The van der Waals surface area contributed by atoms with E-state index in [-0.39, 0.29) is 19.1 Å². The van der Waals surface area contributed by atoms with Crippen LogP contribution in [0.2, 0.25) is 0 Å². The molecule has 2 N–H and O–H groups in total. The lowest BCUT2D eigenvalue weighted by Gasteiger charge is -2.29. The Morgan fingerprint density at radius 1 is 0.455 bits per heavy atom. The zero-order valence-electron chi connectivity index (χ0n) is 52.2.